The highest BCUT2D eigenvalue weighted by molar-refractivity contribution is 5.90. The van der Waals surface area contributed by atoms with Crippen molar-refractivity contribution >= 4 is 17.5 Å². The standard InChI is InChI=1S/C22H33N3O12/c26-7-12-14(28)16(30)18(32)20(36-12)23-5-11-6-25(22(34)35-11)10-3-1-9(2-4-10)24-21-19(33)17(31)15(29)13(8-27)37-21/h1-4,11-21,23-24,26-33H,5-8H2/t11-,12?,13?,14-,15+,16?,17-,18+,19?,20-,21+/m0/s1. The van der Waals surface area contributed by atoms with Crippen molar-refractivity contribution in [3.63, 3.8) is 0 Å². The number of carbonyl (C=O) groups excluding carboxylic acids is 1. The lowest BCUT2D eigenvalue weighted by Crippen LogP contribution is -2.63. The smallest absolute Gasteiger partial charge is 0.414 e. The number of hydrogen-bond donors (Lipinski definition) is 10. The van der Waals surface area contributed by atoms with Gasteiger partial charge in [0, 0.05) is 17.9 Å². The molecular weight excluding hydrogens is 498 g/mol. The fourth-order valence-corrected chi connectivity index (χ4v) is 4.48. The fourth-order valence-electron chi connectivity index (χ4n) is 4.48. The van der Waals surface area contributed by atoms with Crippen molar-refractivity contribution in [3.8, 4) is 0 Å². The summed E-state index contributed by atoms with van der Waals surface area (Å²) in [6.07, 6.45) is -14.5. The second-order valence-corrected chi connectivity index (χ2v) is 9.21. The maximum Gasteiger partial charge on any atom is 0.414 e. The highest BCUT2D eigenvalue weighted by atomic mass is 16.6. The Balaban J connectivity index is 1.32. The van der Waals surface area contributed by atoms with Gasteiger partial charge in [-0.2, -0.15) is 0 Å². The molecule has 0 spiro atoms. The molecule has 37 heavy (non-hydrogen) atoms. The van der Waals surface area contributed by atoms with Crippen LogP contribution >= 0.6 is 0 Å². The van der Waals surface area contributed by atoms with E-state index in [2.05, 4.69) is 10.6 Å². The Hall–Kier alpha value is -2.15. The van der Waals surface area contributed by atoms with Gasteiger partial charge in [-0.05, 0) is 24.3 Å². The van der Waals surface area contributed by atoms with E-state index < -0.39 is 86.7 Å². The van der Waals surface area contributed by atoms with Gasteiger partial charge in [0.25, 0.3) is 0 Å². The maximum absolute atomic E-state index is 12.4. The Labute approximate surface area is 211 Å². The number of ether oxygens (including phenoxy) is 3. The van der Waals surface area contributed by atoms with Gasteiger partial charge >= 0.3 is 6.09 Å². The van der Waals surface area contributed by atoms with Gasteiger partial charge in [0.05, 0.1) is 19.8 Å². The second-order valence-electron chi connectivity index (χ2n) is 9.21. The van der Waals surface area contributed by atoms with E-state index in [9.17, 15) is 45.6 Å². The molecule has 0 radical (unpaired) electrons. The number of aliphatic hydroxyl groups is 8. The Kier molecular flexibility index (Phi) is 8.82. The van der Waals surface area contributed by atoms with Crippen LogP contribution in [0.5, 0.6) is 0 Å². The molecule has 0 aliphatic carbocycles. The second kappa shape index (κ2) is 11.7. The molecule has 1 amide bonds. The first-order valence-electron chi connectivity index (χ1n) is 11.8. The molecule has 3 fully saturated rings. The fraction of sp³-hybridized carbons (Fsp3) is 0.682. The van der Waals surface area contributed by atoms with Gasteiger partial charge in [-0.1, -0.05) is 0 Å². The van der Waals surface area contributed by atoms with E-state index in [0.29, 0.717) is 11.4 Å². The molecule has 4 rings (SSSR count). The molecule has 10 N–H and O–H groups in total. The average Bonchev–Trinajstić information content (AvgIpc) is 3.27. The largest absolute Gasteiger partial charge is 0.443 e. The molecule has 0 bridgehead atoms. The maximum atomic E-state index is 12.4. The third kappa shape index (κ3) is 5.81. The summed E-state index contributed by atoms with van der Waals surface area (Å²) in [6, 6.07) is 6.43. The van der Waals surface area contributed by atoms with Crippen molar-refractivity contribution in [1.82, 2.24) is 5.32 Å². The lowest BCUT2D eigenvalue weighted by atomic mass is 9.98. The number of amides is 1. The number of hydrogen-bond acceptors (Lipinski definition) is 14. The molecule has 1 aromatic carbocycles. The first-order valence-corrected chi connectivity index (χ1v) is 11.8. The third-order valence-corrected chi connectivity index (χ3v) is 6.69. The van der Waals surface area contributed by atoms with Gasteiger partial charge in [0.1, 0.15) is 61.2 Å². The third-order valence-electron chi connectivity index (χ3n) is 6.69. The predicted molar refractivity (Wildman–Crippen MR) is 123 cm³/mol. The van der Waals surface area contributed by atoms with E-state index in [4.69, 9.17) is 14.2 Å². The van der Waals surface area contributed by atoms with Crippen LogP contribution in [0.25, 0.3) is 0 Å². The molecule has 15 nitrogen and oxygen atoms in total. The first-order chi connectivity index (χ1) is 17.6. The van der Waals surface area contributed by atoms with Crippen LogP contribution in [0, 0.1) is 0 Å². The summed E-state index contributed by atoms with van der Waals surface area (Å²) in [5.74, 6) is 0. The van der Waals surface area contributed by atoms with Gasteiger partial charge in [-0.15, -0.1) is 0 Å². The topological polar surface area (TPSA) is 234 Å². The summed E-state index contributed by atoms with van der Waals surface area (Å²) in [6.45, 7) is -0.896. The molecule has 4 unspecified atom stereocenters. The Morgan fingerprint density at radius 2 is 1.32 bits per heavy atom. The summed E-state index contributed by atoms with van der Waals surface area (Å²) in [5.41, 5.74) is 0.973. The highest BCUT2D eigenvalue weighted by Gasteiger charge is 2.45. The number of nitrogens with one attached hydrogen (secondary N) is 2. The molecule has 1 aromatic rings. The number of carbonyl (C=O) groups is 1. The lowest BCUT2D eigenvalue weighted by molar-refractivity contribution is -0.237. The quantitative estimate of drug-likeness (QED) is 0.153. The number of benzene rings is 1. The predicted octanol–water partition coefficient (Wildman–Crippen LogP) is -4.39. The van der Waals surface area contributed by atoms with Crippen LogP contribution in [0.4, 0.5) is 16.2 Å². The van der Waals surface area contributed by atoms with E-state index in [-0.39, 0.29) is 13.1 Å². The average molecular weight is 532 g/mol. The van der Waals surface area contributed by atoms with Crippen LogP contribution in [-0.2, 0) is 14.2 Å². The number of nitrogens with zero attached hydrogens (tertiary/aromatic N) is 1. The Bertz CT molecular complexity index is 905. The van der Waals surface area contributed by atoms with Crippen molar-refractivity contribution in [2.45, 2.75) is 67.4 Å². The van der Waals surface area contributed by atoms with Crippen molar-refractivity contribution < 1.29 is 59.9 Å². The van der Waals surface area contributed by atoms with Crippen molar-refractivity contribution in [1.29, 1.82) is 0 Å². The van der Waals surface area contributed by atoms with Crippen LogP contribution in [0.15, 0.2) is 24.3 Å². The first kappa shape index (κ1) is 27.9. The highest BCUT2D eigenvalue weighted by Crippen LogP contribution is 2.27. The van der Waals surface area contributed by atoms with Crippen molar-refractivity contribution in [3.05, 3.63) is 24.3 Å². The molecule has 3 aliphatic rings. The van der Waals surface area contributed by atoms with Gasteiger partial charge in [0.2, 0.25) is 0 Å². The molecule has 3 saturated heterocycles. The van der Waals surface area contributed by atoms with Crippen LogP contribution in [-0.4, -0.2) is 141 Å². The number of rotatable bonds is 8. The lowest BCUT2D eigenvalue weighted by Gasteiger charge is -2.40. The summed E-state index contributed by atoms with van der Waals surface area (Å²) in [5, 5.41) is 84.2. The minimum Gasteiger partial charge on any atom is -0.443 e. The minimum atomic E-state index is -1.53. The van der Waals surface area contributed by atoms with Crippen LogP contribution < -0.4 is 15.5 Å². The molecule has 0 aromatic heterocycles. The molecule has 0 saturated carbocycles. The summed E-state index contributed by atoms with van der Waals surface area (Å²) in [4.78, 5) is 13.8. The number of cyclic esters (lactones) is 1. The summed E-state index contributed by atoms with van der Waals surface area (Å²) in [7, 11) is 0. The van der Waals surface area contributed by atoms with E-state index in [1.54, 1.807) is 24.3 Å². The normalized spacial score (nSPS) is 40.5. The zero-order valence-electron chi connectivity index (χ0n) is 19.6. The van der Waals surface area contributed by atoms with Crippen LogP contribution in [0.1, 0.15) is 0 Å². The Morgan fingerprint density at radius 3 is 1.89 bits per heavy atom. The molecular formula is C22H33N3O12. The van der Waals surface area contributed by atoms with E-state index in [1.807, 2.05) is 0 Å². The van der Waals surface area contributed by atoms with E-state index >= 15 is 0 Å². The Morgan fingerprint density at radius 1 is 0.784 bits per heavy atom. The van der Waals surface area contributed by atoms with Gasteiger partial charge < -0.3 is 60.4 Å². The molecule has 15 heteroatoms. The zero-order chi connectivity index (χ0) is 26.9. The molecule has 3 aliphatic heterocycles. The summed E-state index contributed by atoms with van der Waals surface area (Å²) < 4.78 is 16.2. The van der Waals surface area contributed by atoms with Crippen molar-refractivity contribution in [2.75, 3.05) is 36.5 Å². The van der Waals surface area contributed by atoms with Gasteiger partial charge in [0.15, 0.2) is 6.23 Å². The number of anilines is 2. The van der Waals surface area contributed by atoms with Crippen LogP contribution in [0.3, 0.4) is 0 Å². The van der Waals surface area contributed by atoms with E-state index in [0.717, 1.165) is 0 Å². The zero-order valence-corrected chi connectivity index (χ0v) is 19.6. The van der Waals surface area contributed by atoms with Gasteiger partial charge in [-0.25, -0.2) is 4.79 Å². The minimum absolute atomic E-state index is 0.0572. The van der Waals surface area contributed by atoms with Gasteiger partial charge in [-0.3, -0.25) is 10.2 Å². The monoisotopic (exact) mass is 531 g/mol. The van der Waals surface area contributed by atoms with Crippen molar-refractivity contribution in [2.24, 2.45) is 0 Å². The molecule has 11 atom stereocenters. The molecule has 3 heterocycles. The summed E-state index contributed by atoms with van der Waals surface area (Å²) >= 11 is 0. The van der Waals surface area contributed by atoms with Crippen LogP contribution in [0.2, 0.25) is 0 Å². The van der Waals surface area contributed by atoms with E-state index in [1.165, 1.54) is 4.90 Å². The SMILES string of the molecule is O=C1O[C@@H](CN[C@H]2OC(CO)[C@H](O)C(O)[C@H]2O)CN1c1ccc(N[C@@H]2OC(CO)[C@@H](O)[C@H](O)C2O)cc1. The molecule has 208 valence electrons. The number of aliphatic hydroxyl groups excluding tert-OH is 8.